The van der Waals surface area contributed by atoms with Crippen LogP contribution in [0.25, 0.3) is 0 Å². The minimum atomic E-state index is -0.789. The van der Waals surface area contributed by atoms with Gasteiger partial charge in [-0.1, -0.05) is 6.58 Å². The Morgan fingerprint density at radius 1 is 1.57 bits per heavy atom. The Kier molecular flexibility index (Phi) is 3.68. The molecule has 1 N–H and O–H groups in total. The Labute approximate surface area is 83.2 Å². The van der Waals surface area contributed by atoms with Gasteiger partial charge in [-0.25, -0.2) is 0 Å². The fraction of sp³-hybridized carbons (Fsp3) is 0.600. The Bertz CT molecular complexity index is 250. The summed E-state index contributed by atoms with van der Waals surface area (Å²) in [5.41, 5.74) is 0. The number of amides is 1. The predicted octanol–water partition coefficient (Wildman–Crippen LogP) is 0.886. The van der Waals surface area contributed by atoms with Crippen LogP contribution in [0.1, 0.15) is 19.3 Å². The molecule has 0 aromatic rings. The van der Waals surface area contributed by atoms with Gasteiger partial charge in [-0.2, -0.15) is 0 Å². The van der Waals surface area contributed by atoms with Gasteiger partial charge in [0.2, 0.25) is 5.91 Å². The standard InChI is InChI=1S/C10H15NO3/c1-2-9(12)11-5-3-4-8(7-11)6-10(13)14/h2,8H,1,3-7H2,(H,13,14)/t8-/m0/s1. The van der Waals surface area contributed by atoms with Gasteiger partial charge < -0.3 is 10.0 Å². The molecule has 0 saturated carbocycles. The molecule has 0 bridgehead atoms. The lowest BCUT2D eigenvalue weighted by molar-refractivity contribution is -0.139. The number of hydrogen-bond acceptors (Lipinski definition) is 2. The van der Waals surface area contributed by atoms with Crippen LogP contribution in [0.4, 0.5) is 0 Å². The van der Waals surface area contributed by atoms with Gasteiger partial charge in [-0.05, 0) is 24.8 Å². The molecule has 1 atom stereocenters. The van der Waals surface area contributed by atoms with Gasteiger partial charge in [0.15, 0.2) is 0 Å². The van der Waals surface area contributed by atoms with Crippen LogP contribution in [0.2, 0.25) is 0 Å². The molecule has 1 aliphatic rings. The average molecular weight is 197 g/mol. The van der Waals surface area contributed by atoms with Crippen LogP contribution >= 0.6 is 0 Å². The van der Waals surface area contributed by atoms with Crippen LogP contribution < -0.4 is 0 Å². The van der Waals surface area contributed by atoms with Gasteiger partial charge in [0, 0.05) is 19.5 Å². The van der Waals surface area contributed by atoms with Crippen molar-refractivity contribution in [2.45, 2.75) is 19.3 Å². The molecule has 4 heteroatoms. The van der Waals surface area contributed by atoms with E-state index in [4.69, 9.17) is 5.11 Å². The lowest BCUT2D eigenvalue weighted by atomic mass is 9.95. The largest absolute Gasteiger partial charge is 0.481 e. The lowest BCUT2D eigenvalue weighted by Crippen LogP contribution is -2.39. The van der Waals surface area contributed by atoms with Crippen LogP contribution in [-0.2, 0) is 9.59 Å². The van der Waals surface area contributed by atoms with Crippen molar-refractivity contribution >= 4 is 11.9 Å². The predicted molar refractivity (Wildman–Crippen MR) is 51.8 cm³/mol. The van der Waals surface area contributed by atoms with E-state index in [1.54, 1.807) is 4.90 Å². The molecule has 1 aliphatic heterocycles. The number of piperidine rings is 1. The van der Waals surface area contributed by atoms with Crippen molar-refractivity contribution in [3.05, 3.63) is 12.7 Å². The molecule has 0 aromatic heterocycles. The number of likely N-dealkylation sites (tertiary alicyclic amines) is 1. The van der Waals surface area contributed by atoms with Crippen LogP contribution in [-0.4, -0.2) is 35.0 Å². The van der Waals surface area contributed by atoms with E-state index < -0.39 is 5.97 Å². The number of carbonyl (C=O) groups is 2. The number of hydrogen-bond donors (Lipinski definition) is 1. The van der Waals surface area contributed by atoms with Gasteiger partial charge in [0.25, 0.3) is 0 Å². The van der Waals surface area contributed by atoms with Crippen LogP contribution in [0.15, 0.2) is 12.7 Å². The van der Waals surface area contributed by atoms with Gasteiger partial charge in [0.1, 0.15) is 0 Å². The Morgan fingerprint density at radius 3 is 2.86 bits per heavy atom. The molecule has 1 fully saturated rings. The summed E-state index contributed by atoms with van der Waals surface area (Å²) < 4.78 is 0. The molecule has 0 aromatic carbocycles. The molecule has 0 aliphatic carbocycles. The van der Waals surface area contributed by atoms with E-state index in [1.165, 1.54) is 6.08 Å². The zero-order valence-electron chi connectivity index (χ0n) is 8.11. The van der Waals surface area contributed by atoms with E-state index in [2.05, 4.69) is 6.58 Å². The fourth-order valence-electron chi connectivity index (χ4n) is 1.81. The monoisotopic (exact) mass is 197 g/mol. The fourth-order valence-corrected chi connectivity index (χ4v) is 1.81. The van der Waals surface area contributed by atoms with Crippen LogP contribution in [0.3, 0.4) is 0 Å². The molecule has 14 heavy (non-hydrogen) atoms. The highest BCUT2D eigenvalue weighted by Gasteiger charge is 2.23. The van der Waals surface area contributed by atoms with Gasteiger partial charge in [-0.3, -0.25) is 9.59 Å². The smallest absolute Gasteiger partial charge is 0.303 e. The summed E-state index contributed by atoms with van der Waals surface area (Å²) in [6, 6.07) is 0. The molecule has 4 nitrogen and oxygen atoms in total. The number of nitrogens with zero attached hydrogens (tertiary/aromatic N) is 1. The minimum absolute atomic E-state index is 0.0971. The van der Waals surface area contributed by atoms with Gasteiger partial charge in [-0.15, -0.1) is 0 Å². The maximum Gasteiger partial charge on any atom is 0.303 e. The summed E-state index contributed by atoms with van der Waals surface area (Å²) in [7, 11) is 0. The van der Waals surface area contributed by atoms with Crippen molar-refractivity contribution in [1.29, 1.82) is 0 Å². The molecule has 0 spiro atoms. The number of carbonyl (C=O) groups excluding carboxylic acids is 1. The summed E-state index contributed by atoms with van der Waals surface area (Å²) in [5.74, 6) is -0.784. The summed E-state index contributed by atoms with van der Waals surface area (Å²) in [6.45, 7) is 4.69. The van der Waals surface area contributed by atoms with Crippen molar-refractivity contribution in [3.63, 3.8) is 0 Å². The summed E-state index contributed by atoms with van der Waals surface area (Å²) >= 11 is 0. The molecule has 1 amide bonds. The first-order chi connectivity index (χ1) is 6.63. The van der Waals surface area contributed by atoms with Crippen molar-refractivity contribution in [1.82, 2.24) is 4.90 Å². The topological polar surface area (TPSA) is 57.6 Å². The molecule has 0 unspecified atom stereocenters. The van der Waals surface area contributed by atoms with Crippen molar-refractivity contribution in [2.24, 2.45) is 5.92 Å². The zero-order chi connectivity index (χ0) is 10.6. The number of carboxylic acids is 1. The Balaban J connectivity index is 2.47. The Hall–Kier alpha value is -1.32. The van der Waals surface area contributed by atoms with Crippen molar-refractivity contribution in [3.8, 4) is 0 Å². The van der Waals surface area contributed by atoms with Crippen molar-refractivity contribution < 1.29 is 14.7 Å². The van der Waals surface area contributed by atoms with Crippen LogP contribution in [0.5, 0.6) is 0 Å². The molecule has 0 radical (unpaired) electrons. The summed E-state index contributed by atoms with van der Waals surface area (Å²) in [5, 5.41) is 8.62. The van der Waals surface area contributed by atoms with E-state index in [0.717, 1.165) is 19.4 Å². The highest BCUT2D eigenvalue weighted by atomic mass is 16.4. The van der Waals surface area contributed by atoms with Crippen molar-refractivity contribution in [2.75, 3.05) is 13.1 Å². The highest BCUT2D eigenvalue weighted by Crippen LogP contribution is 2.19. The third kappa shape index (κ3) is 2.87. The second-order valence-corrected chi connectivity index (χ2v) is 3.59. The van der Waals surface area contributed by atoms with E-state index in [9.17, 15) is 9.59 Å². The van der Waals surface area contributed by atoms with Gasteiger partial charge >= 0.3 is 5.97 Å². The SMILES string of the molecule is C=CC(=O)N1CCC[C@@H](CC(=O)O)C1. The quantitative estimate of drug-likeness (QED) is 0.683. The Morgan fingerprint density at radius 2 is 2.29 bits per heavy atom. The van der Waals surface area contributed by atoms with E-state index in [1.807, 2.05) is 0 Å². The van der Waals surface area contributed by atoms with E-state index in [-0.39, 0.29) is 18.2 Å². The third-order valence-electron chi connectivity index (χ3n) is 2.47. The van der Waals surface area contributed by atoms with E-state index >= 15 is 0 Å². The van der Waals surface area contributed by atoms with Crippen LogP contribution in [0, 0.1) is 5.92 Å². The maximum absolute atomic E-state index is 11.3. The lowest BCUT2D eigenvalue weighted by Gasteiger charge is -2.31. The normalized spacial score (nSPS) is 21.7. The second kappa shape index (κ2) is 4.79. The van der Waals surface area contributed by atoms with Gasteiger partial charge in [0.05, 0.1) is 0 Å². The maximum atomic E-state index is 11.3. The molecule has 1 saturated heterocycles. The number of aliphatic carboxylic acids is 1. The molecular formula is C10H15NO3. The third-order valence-corrected chi connectivity index (χ3v) is 2.47. The first kappa shape index (κ1) is 10.8. The molecule has 1 heterocycles. The second-order valence-electron chi connectivity index (χ2n) is 3.59. The molecule has 1 rings (SSSR count). The first-order valence-corrected chi connectivity index (χ1v) is 4.76. The zero-order valence-corrected chi connectivity index (χ0v) is 8.11. The molecular weight excluding hydrogens is 182 g/mol. The average Bonchev–Trinajstić information content (AvgIpc) is 2.16. The molecule has 78 valence electrons. The van der Waals surface area contributed by atoms with E-state index in [0.29, 0.717) is 6.54 Å². The summed E-state index contributed by atoms with van der Waals surface area (Å²) in [4.78, 5) is 23.4. The number of carboxylic acid groups (broad SMARTS) is 1. The summed E-state index contributed by atoms with van der Waals surface area (Å²) in [6.07, 6.45) is 3.22. The minimum Gasteiger partial charge on any atom is -0.481 e. The first-order valence-electron chi connectivity index (χ1n) is 4.76. The number of rotatable bonds is 3. The highest BCUT2D eigenvalue weighted by molar-refractivity contribution is 5.87.